The number of sulfonamides is 1. The minimum absolute atomic E-state index is 0.0465. The first-order valence-corrected chi connectivity index (χ1v) is 11.3. The summed E-state index contributed by atoms with van der Waals surface area (Å²) in [6.07, 6.45) is 4.71. The van der Waals surface area contributed by atoms with Crippen LogP contribution in [0.3, 0.4) is 0 Å². The Balaban J connectivity index is 1.75. The number of fused-ring (bicyclic) bond motifs is 1. The van der Waals surface area contributed by atoms with Crippen LogP contribution in [0, 0.1) is 0 Å². The maximum absolute atomic E-state index is 12.8. The smallest absolute Gasteiger partial charge is 0.266 e. The van der Waals surface area contributed by atoms with Crippen molar-refractivity contribution in [1.29, 1.82) is 0 Å². The number of rotatable bonds is 6. The van der Waals surface area contributed by atoms with Gasteiger partial charge in [-0.05, 0) is 42.7 Å². The van der Waals surface area contributed by atoms with Crippen LogP contribution in [0.15, 0.2) is 70.7 Å². The summed E-state index contributed by atoms with van der Waals surface area (Å²) in [6, 6.07) is 15.0. The van der Waals surface area contributed by atoms with E-state index in [1.165, 1.54) is 17.1 Å². The highest BCUT2D eigenvalue weighted by Gasteiger charge is 2.20. The fourth-order valence-corrected chi connectivity index (χ4v) is 4.09. The van der Waals surface area contributed by atoms with Gasteiger partial charge in [-0.3, -0.25) is 9.40 Å². The number of benzene rings is 2. The van der Waals surface area contributed by atoms with Crippen molar-refractivity contribution in [1.82, 2.24) is 19.7 Å². The minimum Gasteiger partial charge on any atom is -0.337 e. The first kappa shape index (κ1) is 19.2. The quantitative estimate of drug-likeness (QED) is 0.454. The van der Waals surface area contributed by atoms with Crippen LogP contribution in [-0.4, -0.2) is 34.4 Å². The van der Waals surface area contributed by atoms with Gasteiger partial charge in [0.2, 0.25) is 0 Å². The number of nitrogens with zero attached hydrogens (tertiary/aromatic N) is 4. The molecule has 2 aromatic carbocycles. The van der Waals surface area contributed by atoms with Crippen molar-refractivity contribution in [2.45, 2.75) is 9.79 Å². The Morgan fingerprint density at radius 1 is 0.966 bits per heavy atom. The normalized spacial score (nSPS) is 11.5. The zero-order valence-electron chi connectivity index (χ0n) is 15.7. The Bertz CT molecular complexity index is 1270. The van der Waals surface area contributed by atoms with Gasteiger partial charge in [-0.25, -0.2) is 18.4 Å². The van der Waals surface area contributed by atoms with Crippen molar-refractivity contribution in [3.63, 3.8) is 0 Å². The second kappa shape index (κ2) is 7.72. The van der Waals surface area contributed by atoms with Gasteiger partial charge in [-0.2, -0.15) is 5.10 Å². The predicted molar refractivity (Wildman–Crippen MR) is 115 cm³/mol. The van der Waals surface area contributed by atoms with E-state index in [4.69, 9.17) is 0 Å². The van der Waals surface area contributed by atoms with Gasteiger partial charge in [0.15, 0.2) is 11.6 Å². The zero-order chi connectivity index (χ0) is 20.4. The van der Waals surface area contributed by atoms with Crippen LogP contribution < -0.4 is 10.0 Å². The van der Waals surface area contributed by atoms with Crippen LogP contribution in [-0.2, 0) is 17.1 Å². The van der Waals surface area contributed by atoms with Gasteiger partial charge in [0.05, 0.1) is 17.2 Å². The molecule has 2 N–H and O–H groups in total. The molecule has 29 heavy (non-hydrogen) atoms. The Hall–Kier alpha value is -3.11. The summed E-state index contributed by atoms with van der Waals surface area (Å²) in [7, 11) is -2.21. The van der Waals surface area contributed by atoms with E-state index in [2.05, 4.69) is 25.1 Å². The van der Waals surface area contributed by atoms with Gasteiger partial charge in [0.1, 0.15) is 4.90 Å². The number of para-hydroxylation sites is 2. The van der Waals surface area contributed by atoms with Crippen molar-refractivity contribution >= 4 is 50.1 Å². The fourth-order valence-electron chi connectivity index (χ4n) is 2.69. The highest BCUT2D eigenvalue weighted by Crippen LogP contribution is 2.27. The minimum atomic E-state index is -3.87. The van der Waals surface area contributed by atoms with E-state index >= 15 is 0 Å². The Morgan fingerprint density at radius 2 is 1.62 bits per heavy atom. The van der Waals surface area contributed by atoms with Gasteiger partial charge in [0.25, 0.3) is 10.0 Å². The number of aryl methyl sites for hydroxylation is 1. The van der Waals surface area contributed by atoms with Gasteiger partial charge >= 0.3 is 0 Å². The number of aromatic nitrogens is 4. The van der Waals surface area contributed by atoms with Crippen LogP contribution >= 0.6 is 11.8 Å². The molecule has 0 amide bonds. The maximum Gasteiger partial charge on any atom is 0.266 e. The lowest BCUT2D eigenvalue weighted by atomic mass is 10.3. The molecule has 0 spiro atoms. The number of anilines is 3. The highest BCUT2D eigenvalue weighted by atomic mass is 32.2. The summed E-state index contributed by atoms with van der Waals surface area (Å²) < 4.78 is 29.5. The molecule has 0 bridgehead atoms. The second-order valence-corrected chi connectivity index (χ2v) is 8.78. The Kier molecular flexibility index (Phi) is 5.12. The van der Waals surface area contributed by atoms with E-state index in [-0.39, 0.29) is 10.7 Å². The third kappa shape index (κ3) is 4.17. The van der Waals surface area contributed by atoms with Crippen LogP contribution in [0.1, 0.15) is 0 Å². The monoisotopic (exact) mass is 426 g/mol. The summed E-state index contributed by atoms with van der Waals surface area (Å²) in [5.41, 5.74) is 2.01. The lowest BCUT2D eigenvalue weighted by Crippen LogP contribution is -2.15. The van der Waals surface area contributed by atoms with E-state index in [9.17, 15) is 8.42 Å². The molecular weight excluding hydrogens is 408 g/mol. The Labute approximate surface area is 172 Å². The molecule has 0 saturated carbocycles. The van der Waals surface area contributed by atoms with Gasteiger partial charge < -0.3 is 5.32 Å². The lowest BCUT2D eigenvalue weighted by Gasteiger charge is -2.13. The molecule has 148 valence electrons. The first-order valence-electron chi connectivity index (χ1n) is 8.64. The molecule has 0 saturated heterocycles. The summed E-state index contributed by atoms with van der Waals surface area (Å²) in [4.78, 5) is 10.2. The molecule has 0 fully saturated rings. The summed E-state index contributed by atoms with van der Waals surface area (Å²) >= 11 is 1.64. The standard InChI is InChI=1S/C19H18N6O2S2/c1-25-12-15(11-20-25)29(26,27)24-19-18(21-13-7-9-14(28-2)10-8-13)22-16-5-3-4-6-17(16)23-19/h3-12H,1-2H3,(H,21,22)(H,23,24). The fraction of sp³-hybridized carbons (Fsp3) is 0.105. The molecule has 0 aliphatic heterocycles. The highest BCUT2D eigenvalue weighted by molar-refractivity contribution is 7.98. The number of hydrogen-bond acceptors (Lipinski definition) is 7. The van der Waals surface area contributed by atoms with E-state index < -0.39 is 10.0 Å². The molecule has 2 aromatic heterocycles. The Morgan fingerprint density at radius 3 is 2.21 bits per heavy atom. The molecule has 0 aliphatic carbocycles. The van der Waals surface area contributed by atoms with E-state index in [1.54, 1.807) is 24.9 Å². The zero-order valence-corrected chi connectivity index (χ0v) is 17.3. The van der Waals surface area contributed by atoms with E-state index in [1.807, 2.05) is 48.7 Å². The van der Waals surface area contributed by atoms with E-state index in [0.717, 1.165) is 10.6 Å². The molecule has 10 heteroatoms. The number of hydrogen-bond donors (Lipinski definition) is 2. The van der Waals surface area contributed by atoms with Gasteiger partial charge in [-0.1, -0.05) is 12.1 Å². The largest absolute Gasteiger partial charge is 0.337 e. The van der Waals surface area contributed by atoms with Crippen LogP contribution in [0.2, 0.25) is 0 Å². The molecule has 2 heterocycles. The van der Waals surface area contributed by atoms with E-state index in [0.29, 0.717) is 16.9 Å². The predicted octanol–water partition coefficient (Wildman–Crippen LogP) is 3.63. The van der Waals surface area contributed by atoms with Crippen molar-refractivity contribution in [2.75, 3.05) is 16.3 Å². The molecule has 0 atom stereocenters. The molecule has 4 aromatic rings. The third-order valence-corrected chi connectivity index (χ3v) is 6.18. The molecule has 0 aliphatic rings. The molecular formula is C19H18N6O2S2. The van der Waals surface area contributed by atoms with Gasteiger partial charge in [0, 0.05) is 23.8 Å². The molecule has 0 radical (unpaired) electrons. The summed E-state index contributed by atoms with van der Waals surface area (Å²) in [6.45, 7) is 0. The van der Waals surface area contributed by atoms with Crippen molar-refractivity contribution < 1.29 is 8.42 Å². The average molecular weight is 427 g/mol. The SMILES string of the molecule is CSc1ccc(Nc2nc3ccccc3nc2NS(=O)(=O)c2cnn(C)c2)cc1. The van der Waals surface area contributed by atoms with Crippen LogP contribution in [0.25, 0.3) is 11.0 Å². The van der Waals surface area contributed by atoms with Crippen molar-refractivity contribution in [2.24, 2.45) is 7.05 Å². The molecule has 0 unspecified atom stereocenters. The number of thioether (sulfide) groups is 1. The first-order chi connectivity index (χ1) is 13.9. The summed E-state index contributed by atoms with van der Waals surface area (Å²) in [5, 5.41) is 7.09. The lowest BCUT2D eigenvalue weighted by molar-refractivity contribution is 0.601. The second-order valence-electron chi connectivity index (χ2n) is 6.22. The average Bonchev–Trinajstić information content (AvgIpc) is 3.16. The van der Waals surface area contributed by atoms with Crippen LogP contribution in [0.4, 0.5) is 17.3 Å². The van der Waals surface area contributed by atoms with Crippen LogP contribution in [0.5, 0.6) is 0 Å². The van der Waals surface area contributed by atoms with Crippen molar-refractivity contribution in [3.8, 4) is 0 Å². The molecule has 4 rings (SSSR count). The molecule has 8 nitrogen and oxygen atoms in total. The number of nitrogens with one attached hydrogen (secondary N) is 2. The van der Waals surface area contributed by atoms with Gasteiger partial charge in [-0.15, -0.1) is 11.8 Å². The van der Waals surface area contributed by atoms with Crippen molar-refractivity contribution in [3.05, 3.63) is 60.9 Å². The summed E-state index contributed by atoms with van der Waals surface area (Å²) in [5.74, 6) is 0.426. The third-order valence-electron chi connectivity index (χ3n) is 4.15. The topological polar surface area (TPSA) is 102 Å². The maximum atomic E-state index is 12.8.